The smallest absolute Gasteiger partial charge is 0.259 e. The van der Waals surface area contributed by atoms with Crippen molar-refractivity contribution in [2.45, 2.75) is 26.9 Å². The zero-order valence-corrected chi connectivity index (χ0v) is 18.0. The number of halogens is 2. The van der Waals surface area contributed by atoms with Crippen LogP contribution in [0.2, 0.25) is 10.0 Å². The summed E-state index contributed by atoms with van der Waals surface area (Å²) in [7, 11) is 0. The lowest BCUT2D eigenvalue weighted by Crippen LogP contribution is -2.30. The Balaban J connectivity index is 1.73. The molecule has 0 atom stereocenters. The van der Waals surface area contributed by atoms with Gasteiger partial charge in [0, 0.05) is 24.1 Å². The van der Waals surface area contributed by atoms with Crippen molar-refractivity contribution in [1.82, 2.24) is 24.5 Å². The van der Waals surface area contributed by atoms with Gasteiger partial charge in [0.1, 0.15) is 5.56 Å². The first-order valence-electron chi connectivity index (χ1n) is 9.37. The molecule has 0 aliphatic heterocycles. The second-order valence-corrected chi connectivity index (χ2v) is 7.88. The second kappa shape index (κ2) is 8.42. The van der Waals surface area contributed by atoms with Crippen LogP contribution in [-0.2, 0) is 13.1 Å². The molecule has 0 spiro atoms. The van der Waals surface area contributed by atoms with E-state index in [1.807, 2.05) is 44.2 Å². The number of rotatable bonds is 5. The third-order valence-corrected chi connectivity index (χ3v) is 5.47. The highest BCUT2D eigenvalue weighted by molar-refractivity contribution is 6.42. The molecule has 152 valence electrons. The summed E-state index contributed by atoms with van der Waals surface area (Å²) in [5, 5.41) is 5.28. The largest absolute Gasteiger partial charge is 0.328 e. The van der Waals surface area contributed by atoms with Crippen LogP contribution in [0.1, 0.15) is 33.0 Å². The molecule has 0 N–H and O–H groups in total. The summed E-state index contributed by atoms with van der Waals surface area (Å²) >= 11 is 12.2. The molecule has 4 rings (SSSR count). The Morgan fingerprint density at radius 1 is 1.07 bits per heavy atom. The van der Waals surface area contributed by atoms with Crippen LogP contribution in [0.3, 0.4) is 0 Å². The molecule has 0 saturated carbocycles. The van der Waals surface area contributed by atoms with Gasteiger partial charge in [-0.25, -0.2) is 9.50 Å². The molecule has 0 unspecified atom stereocenters. The molecular weight excluding hydrogens is 421 g/mol. The average molecular weight is 440 g/mol. The summed E-state index contributed by atoms with van der Waals surface area (Å²) in [6, 6.07) is 12.9. The number of amides is 1. The lowest BCUT2D eigenvalue weighted by atomic mass is 10.1. The highest BCUT2D eigenvalue weighted by Crippen LogP contribution is 2.24. The zero-order valence-electron chi connectivity index (χ0n) is 16.5. The van der Waals surface area contributed by atoms with Crippen LogP contribution in [0.5, 0.6) is 0 Å². The van der Waals surface area contributed by atoms with E-state index >= 15 is 0 Å². The maximum absolute atomic E-state index is 13.5. The van der Waals surface area contributed by atoms with Gasteiger partial charge in [-0.2, -0.15) is 5.10 Å². The SMILES string of the molecule is Cc1cc(C)n2ncc(C(=O)N(Cc3ccc(Cl)c(Cl)c3)Cc3ccccn3)c2n1. The monoisotopic (exact) mass is 439 g/mol. The van der Waals surface area contributed by atoms with Crippen LogP contribution in [0, 0.1) is 13.8 Å². The number of carbonyl (C=O) groups is 1. The Bertz CT molecular complexity index is 1220. The lowest BCUT2D eigenvalue weighted by Gasteiger charge is -2.22. The Labute approximate surface area is 184 Å². The van der Waals surface area contributed by atoms with E-state index in [0.717, 1.165) is 22.6 Å². The van der Waals surface area contributed by atoms with Gasteiger partial charge >= 0.3 is 0 Å². The van der Waals surface area contributed by atoms with Crippen molar-refractivity contribution in [1.29, 1.82) is 0 Å². The summed E-state index contributed by atoms with van der Waals surface area (Å²) in [4.78, 5) is 24.2. The van der Waals surface area contributed by atoms with Gasteiger partial charge in [-0.05, 0) is 49.7 Å². The van der Waals surface area contributed by atoms with Gasteiger partial charge in [0.2, 0.25) is 0 Å². The van der Waals surface area contributed by atoms with Crippen molar-refractivity contribution in [3.63, 3.8) is 0 Å². The third-order valence-electron chi connectivity index (χ3n) is 4.73. The van der Waals surface area contributed by atoms with Crippen molar-refractivity contribution in [3.05, 3.63) is 93.1 Å². The molecule has 0 saturated heterocycles. The second-order valence-electron chi connectivity index (χ2n) is 7.06. The summed E-state index contributed by atoms with van der Waals surface area (Å²) in [6.45, 7) is 4.51. The molecule has 4 aromatic rings. The van der Waals surface area contributed by atoms with E-state index < -0.39 is 0 Å². The number of benzene rings is 1. The minimum atomic E-state index is -0.181. The molecule has 3 aromatic heterocycles. The van der Waals surface area contributed by atoms with Crippen molar-refractivity contribution in [2.75, 3.05) is 0 Å². The number of hydrogen-bond acceptors (Lipinski definition) is 4. The Morgan fingerprint density at radius 3 is 2.63 bits per heavy atom. The first-order valence-corrected chi connectivity index (χ1v) is 10.1. The molecule has 0 aliphatic rings. The minimum absolute atomic E-state index is 0.181. The van der Waals surface area contributed by atoms with E-state index in [2.05, 4.69) is 15.1 Å². The van der Waals surface area contributed by atoms with Gasteiger partial charge in [0.05, 0.1) is 28.5 Å². The van der Waals surface area contributed by atoms with Crippen LogP contribution in [-0.4, -0.2) is 30.4 Å². The molecule has 0 bridgehead atoms. The van der Waals surface area contributed by atoms with Crippen LogP contribution in [0.15, 0.2) is 54.9 Å². The quantitative estimate of drug-likeness (QED) is 0.443. The number of nitrogens with zero attached hydrogens (tertiary/aromatic N) is 5. The predicted molar refractivity (Wildman–Crippen MR) is 117 cm³/mol. The van der Waals surface area contributed by atoms with E-state index in [-0.39, 0.29) is 5.91 Å². The van der Waals surface area contributed by atoms with Gasteiger partial charge in [0.15, 0.2) is 5.65 Å². The highest BCUT2D eigenvalue weighted by atomic mass is 35.5. The summed E-state index contributed by atoms with van der Waals surface area (Å²) in [5.41, 5.74) is 4.37. The van der Waals surface area contributed by atoms with Crippen LogP contribution in [0.4, 0.5) is 0 Å². The molecule has 0 fully saturated rings. The van der Waals surface area contributed by atoms with E-state index in [4.69, 9.17) is 23.2 Å². The summed E-state index contributed by atoms with van der Waals surface area (Å²) in [5.74, 6) is -0.181. The highest BCUT2D eigenvalue weighted by Gasteiger charge is 2.23. The maximum Gasteiger partial charge on any atom is 0.259 e. The fourth-order valence-electron chi connectivity index (χ4n) is 3.34. The molecule has 0 aliphatic carbocycles. The lowest BCUT2D eigenvalue weighted by molar-refractivity contribution is 0.0729. The number of carbonyl (C=O) groups excluding carboxylic acids is 1. The van der Waals surface area contributed by atoms with Gasteiger partial charge in [-0.15, -0.1) is 0 Å². The first-order chi connectivity index (χ1) is 14.4. The van der Waals surface area contributed by atoms with E-state index in [1.54, 1.807) is 33.9 Å². The van der Waals surface area contributed by atoms with Gasteiger partial charge < -0.3 is 4.90 Å². The molecular formula is C22H19Cl2N5O. The summed E-state index contributed by atoms with van der Waals surface area (Å²) in [6.07, 6.45) is 3.28. The van der Waals surface area contributed by atoms with Crippen molar-refractivity contribution < 1.29 is 4.79 Å². The van der Waals surface area contributed by atoms with Gasteiger partial charge in [0.25, 0.3) is 5.91 Å². The van der Waals surface area contributed by atoms with Crippen LogP contribution >= 0.6 is 23.2 Å². The summed E-state index contributed by atoms with van der Waals surface area (Å²) < 4.78 is 1.68. The first kappa shape index (κ1) is 20.3. The number of fused-ring (bicyclic) bond motifs is 1. The van der Waals surface area contributed by atoms with Crippen molar-refractivity contribution in [3.8, 4) is 0 Å². The zero-order chi connectivity index (χ0) is 21.3. The molecule has 0 radical (unpaired) electrons. The Morgan fingerprint density at radius 2 is 1.90 bits per heavy atom. The minimum Gasteiger partial charge on any atom is -0.328 e. The maximum atomic E-state index is 13.5. The molecule has 30 heavy (non-hydrogen) atoms. The van der Waals surface area contributed by atoms with E-state index in [9.17, 15) is 4.79 Å². The molecule has 6 nitrogen and oxygen atoms in total. The van der Waals surface area contributed by atoms with Crippen molar-refractivity contribution >= 4 is 34.8 Å². The number of aromatic nitrogens is 4. The Kier molecular flexibility index (Phi) is 5.70. The molecule has 3 heterocycles. The van der Waals surface area contributed by atoms with Crippen molar-refractivity contribution in [2.24, 2.45) is 0 Å². The fraction of sp³-hybridized carbons (Fsp3) is 0.182. The normalized spacial score (nSPS) is 11.1. The van der Waals surface area contributed by atoms with Crippen LogP contribution in [0.25, 0.3) is 5.65 Å². The van der Waals surface area contributed by atoms with E-state index in [0.29, 0.717) is 34.3 Å². The predicted octanol–water partition coefficient (Wildman–Crippen LogP) is 4.89. The molecule has 1 aromatic carbocycles. The molecule has 8 heteroatoms. The number of pyridine rings is 1. The van der Waals surface area contributed by atoms with Gasteiger partial charge in [-0.3, -0.25) is 9.78 Å². The van der Waals surface area contributed by atoms with Crippen LogP contribution < -0.4 is 0 Å². The number of hydrogen-bond donors (Lipinski definition) is 0. The van der Waals surface area contributed by atoms with E-state index in [1.165, 1.54) is 0 Å². The topological polar surface area (TPSA) is 63.4 Å². The fourth-order valence-corrected chi connectivity index (χ4v) is 3.66. The average Bonchev–Trinajstić information content (AvgIpc) is 3.14. The standard InChI is InChI=1S/C22H19Cl2N5O/c1-14-9-15(2)29-21(27-14)18(11-26-29)22(30)28(13-17-5-3-4-8-25-17)12-16-6-7-19(23)20(24)10-16/h3-11H,12-13H2,1-2H3. The number of aryl methyl sites for hydroxylation is 2. The van der Waals surface area contributed by atoms with Gasteiger partial charge in [-0.1, -0.05) is 35.3 Å². The Hall–Kier alpha value is -2.96. The molecule has 1 amide bonds. The third kappa shape index (κ3) is 4.15.